The van der Waals surface area contributed by atoms with E-state index in [1.165, 1.54) is 0 Å². The number of ether oxygens (including phenoxy) is 1. The maximum absolute atomic E-state index is 10.9. The molecular formula is C13H16ClNO3. The highest BCUT2D eigenvalue weighted by atomic mass is 35.5. The fourth-order valence-electron chi connectivity index (χ4n) is 2.32. The first kappa shape index (κ1) is 13.2. The molecule has 5 heteroatoms. The molecule has 4 nitrogen and oxygen atoms in total. The summed E-state index contributed by atoms with van der Waals surface area (Å²) in [6.07, 6.45) is 0.557. The highest BCUT2D eigenvalue weighted by Crippen LogP contribution is 2.35. The second-order valence-corrected chi connectivity index (χ2v) is 4.98. The Kier molecular flexibility index (Phi) is 3.78. The van der Waals surface area contributed by atoms with Gasteiger partial charge in [0, 0.05) is 17.6 Å². The lowest BCUT2D eigenvalue weighted by atomic mass is 9.99. The SMILES string of the molecule is COc1cc(C2CC(C(=O)O)CN2)c(Cl)cc1C. The molecule has 1 saturated heterocycles. The zero-order chi connectivity index (χ0) is 13.3. The van der Waals surface area contributed by atoms with E-state index in [1.54, 1.807) is 7.11 Å². The lowest BCUT2D eigenvalue weighted by molar-refractivity contribution is -0.141. The lowest BCUT2D eigenvalue weighted by Gasteiger charge is -2.15. The van der Waals surface area contributed by atoms with Gasteiger partial charge in [0.15, 0.2) is 0 Å². The number of aliphatic carboxylic acids is 1. The van der Waals surface area contributed by atoms with Crippen molar-refractivity contribution in [3.63, 3.8) is 0 Å². The Morgan fingerprint density at radius 2 is 2.28 bits per heavy atom. The molecule has 0 saturated carbocycles. The van der Waals surface area contributed by atoms with Crippen LogP contribution in [-0.4, -0.2) is 24.7 Å². The number of carboxylic acid groups (broad SMARTS) is 1. The first-order valence-corrected chi connectivity index (χ1v) is 6.21. The van der Waals surface area contributed by atoms with Crippen molar-refractivity contribution < 1.29 is 14.6 Å². The Morgan fingerprint density at radius 1 is 1.56 bits per heavy atom. The Hall–Kier alpha value is -1.26. The molecule has 98 valence electrons. The van der Waals surface area contributed by atoms with Gasteiger partial charge in [-0.25, -0.2) is 0 Å². The molecule has 2 N–H and O–H groups in total. The van der Waals surface area contributed by atoms with Crippen LogP contribution >= 0.6 is 11.6 Å². The van der Waals surface area contributed by atoms with Crippen LogP contribution in [0.2, 0.25) is 5.02 Å². The Balaban J connectivity index is 2.26. The molecule has 0 bridgehead atoms. The van der Waals surface area contributed by atoms with Crippen molar-refractivity contribution in [3.8, 4) is 5.75 Å². The first-order chi connectivity index (χ1) is 8.52. The largest absolute Gasteiger partial charge is 0.496 e. The van der Waals surface area contributed by atoms with Gasteiger partial charge in [-0.15, -0.1) is 0 Å². The second-order valence-electron chi connectivity index (χ2n) is 4.58. The molecule has 1 aromatic rings. The summed E-state index contributed by atoms with van der Waals surface area (Å²) in [5.41, 5.74) is 1.88. The Labute approximate surface area is 111 Å². The van der Waals surface area contributed by atoms with Gasteiger partial charge < -0.3 is 15.2 Å². The van der Waals surface area contributed by atoms with E-state index in [0.717, 1.165) is 16.9 Å². The molecule has 1 heterocycles. The number of benzene rings is 1. The van der Waals surface area contributed by atoms with Gasteiger partial charge in [0.1, 0.15) is 5.75 Å². The van der Waals surface area contributed by atoms with Gasteiger partial charge in [-0.3, -0.25) is 4.79 Å². The van der Waals surface area contributed by atoms with E-state index in [0.29, 0.717) is 18.0 Å². The first-order valence-electron chi connectivity index (χ1n) is 5.83. The third-order valence-corrected chi connectivity index (χ3v) is 3.70. The Bertz CT molecular complexity index is 476. The molecule has 1 aromatic carbocycles. The average Bonchev–Trinajstić information content (AvgIpc) is 2.78. The standard InChI is InChI=1S/C13H16ClNO3/c1-7-3-10(14)9(5-12(7)18-2)11-4-8(6-15-11)13(16)17/h3,5,8,11,15H,4,6H2,1-2H3,(H,16,17). The van der Waals surface area contributed by atoms with Crippen LogP contribution in [0.25, 0.3) is 0 Å². The summed E-state index contributed by atoms with van der Waals surface area (Å²) >= 11 is 6.22. The number of carboxylic acids is 1. The van der Waals surface area contributed by atoms with Gasteiger partial charge in [0.2, 0.25) is 0 Å². The molecule has 18 heavy (non-hydrogen) atoms. The third kappa shape index (κ3) is 2.44. The van der Waals surface area contributed by atoms with Crippen molar-refractivity contribution in [3.05, 3.63) is 28.3 Å². The maximum Gasteiger partial charge on any atom is 0.307 e. The summed E-state index contributed by atoms with van der Waals surface area (Å²) in [7, 11) is 1.61. The highest BCUT2D eigenvalue weighted by molar-refractivity contribution is 6.31. The third-order valence-electron chi connectivity index (χ3n) is 3.37. The van der Waals surface area contributed by atoms with Crippen molar-refractivity contribution in [1.29, 1.82) is 0 Å². The zero-order valence-corrected chi connectivity index (χ0v) is 11.1. The molecule has 0 aliphatic carbocycles. The topological polar surface area (TPSA) is 58.6 Å². The van der Waals surface area contributed by atoms with E-state index >= 15 is 0 Å². The quantitative estimate of drug-likeness (QED) is 0.885. The van der Waals surface area contributed by atoms with Crippen LogP contribution in [-0.2, 0) is 4.79 Å². The lowest BCUT2D eigenvalue weighted by Crippen LogP contribution is -2.17. The van der Waals surface area contributed by atoms with Crippen LogP contribution < -0.4 is 10.1 Å². The monoisotopic (exact) mass is 269 g/mol. The van der Waals surface area contributed by atoms with E-state index in [1.807, 2.05) is 19.1 Å². The average molecular weight is 270 g/mol. The van der Waals surface area contributed by atoms with Crippen LogP contribution in [0.5, 0.6) is 5.75 Å². The van der Waals surface area contributed by atoms with Crippen LogP contribution in [0.1, 0.15) is 23.6 Å². The van der Waals surface area contributed by atoms with Gasteiger partial charge in [-0.1, -0.05) is 11.6 Å². The molecule has 0 spiro atoms. The van der Waals surface area contributed by atoms with Crippen LogP contribution in [0, 0.1) is 12.8 Å². The fraction of sp³-hybridized carbons (Fsp3) is 0.462. The molecule has 0 amide bonds. The minimum atomic E-state index is -0.764. The minimum Gasteiger partial charge on any atom is -0.496 e. The number of rotatable bonds is 3. The molecule has 1 aliphatic heterocycles. The molecule has 2 unspecified atom stereocenters. The van der Waals surface area contributed by atoms with Gasteiger partial charge in [0.25, 0.3) is 0 Å². The van der Waals surface area contributed by atoms with Crippen molar-refractivity contribution in [2.45, 2.75) is 19.4 Å². The van der Waals surface area contributed by atoms with Crippen LogP contribution in [0.15, 0.2) is 12.1 Å². The van der Waals surface area contributed by atoms with Crippen LogP contribution in [0.3, 0.4) is 0 Å². The smallest absolute Gasteiger partial charge is 0.307 e. The summed E-state index contributed by atoms with van der Waals surface area (Å²) in [5.74, 6) is -0.339. The van der Waals surface area contributed by atoms with Crippen LogP contribution in [0.4, 0.5) is 0 Å². The summed E-state index contributed by atoms with van der Waals surface area (Å²) in [4.78, 5) is 10.9. The van der Waals surface area contributed by atoms with Crippen molar-refractivity contribution in [1.82, 2.24) is 5.32 Å². The molecule has 1 fully saturated rings. The van der Waals surface area contributed by atoms with E-state index in [4.69, 9.17) is 21.4 Å². The Morgan fingerprint density at radius 3 is 2.83 bits per heavy atom. The van der Waals surface area contributed by atoms with Gasteiger partial charge >= 0.3 is 5.97 Å². The van der Waals surface area contributed by atoms with Crippen molar-refractivity contribution >= 4 is 17.6 Å². The van der Waals surface area contributed by atoms with E-state index in [2.05, 4.69) is 5.32 Å². The maximum atomic E-state index is 10.9. The summed E-state index contributed by atoms with van der Waals surface area (Å²) in [6.45, 7) is 2.41. The van der Waals surface area contributed by atoms with Gasteiger partial charge in [0.05, 0.1) is 13.0 Å². The number of hydrogen-bond acceptors (Lipinski definition) is 3. The number of carbonyl (C=O) groups is 1. The highest BCUT2D eigenvalue weighted by Gasteiger charge is 2.31. The molecule has 2 rings (SSSR count). The minimum absolute atomic E-state index is 0.0203. The number of hydrogen-bond donors (Lipinski definition) is 2. The number of nitrogens with one attached hydrogen (secondary N) is 1. The van der Waals surface area contributed by atoms with E-state index < -0.39 is 5.97 Å². The van der Waals surface area contributed by atoms with Crippen molar-refractivity contribution in [2.75, 3.05) is 13.7 Å². The number of aryl methyl sites for hydroxylation is 1. The molecular weight excluding hydrogens is 254 g/mol. The summed E-state index contributed by atoms with van der Waals surface area (Å²) in [6, 6.07) is 3.72. The molecule has 0 aromatic heterocycles. The fourth-order valence-corrected chi connectivity index (χ4v) is 2.67. The van der Waals surface area contributed by atoms with Crippen molar-refractivity contribution in [2.24, 2.45) is 5.92 Å². The van der Waals surface area contributed by atoms with Gasteiger partial charge in [-0.2, -0.15) is 0 Å². The predicted molar refractivity (Wildman–Crippen MR) is 69.2 cm³/mol. The zero-order valence-electron chi connectivity index (χ0n) is 10.4. The number of methoxy groups -OCH3 is 1. The molecule has 2 atom stereocenters. The van der Waals surface area contributed by atoms with E-state index in [-0.39, 0.29) is 12.0 Å². The second kappa shape index (κ2) is 5.16. The summed E-state index contributed by atoms with van der Waals surface area (Å²) in [5, 5.41) is 12.8. The molecule has 0 radical (unpaired) electrons. The normalized spacial score (nSPS) is 23.1. The number of halogens is 1. The summed E-state index contributed by atoms with van der Waals surface area (Å²) < 4.78 is 5.27. The van der Waals surface area contributed by atoms with Gasteiger partial charge in [-0.05, 0) is 36.6 Å². The molecule has 1 aliphatic rings. The van der Waals surface area contributed by atoms with E-state index in [9.17, 15) is 4.79 Å². The predicted octanol–water partition coefficient (Wildman–Crippen LogP) is 2.39.